The molecule has 27 heavy (non-hydrogen) atoms. The molecule has 2 heterocycles. The van der Waals surface area contributed by atoms with Crippen molar-refractivity contribution >= 4 is 28.9 Å². The lowest BCUT2D eigenvalue weighted by Crippen LogP contribution is -2.25. The first-order chi connectivity index (χ1) is 12.7. The van der Waals surface area contributed by atoms with E-state index < -0.39 is 17.4 Å². The van der Waals surface area contributed by atoms with Gasteiger partial charge in [0.2, 0.25) is 0 Å². The highest BCUT2D eigenvalue weighted by atomic mass is 16.3. The zero-order valence-electron chi connectivity index (χ0n) is 15.0. The van der Waals surface area contributed by atoms with E-state index in [-0.39, 0.29) is 5.57 Å². The molecule has 138 valence electrons. The molecule has 0 unspecified atom stereocenters. The summed E-state index contributed by atoms with van der Waals surface area (Å²) in [6.07, 6.45) is 4.68. The number of hydrogen-bond acceptors (Lipinski definition) is 4. The van der Waals surface area contributed by atoms with E-state index in [1.807, 2.05) is 30.3 Å². The number of primary amides is 2. The number of hydrogen-bond donors (Lipinski definition) is 4. The van der Waals surface area contributed by atoms with Crippen LogP contribution in [0, 0.1) is 0 Å². The minimum Gasteiger partial charge on any atom is -0.386 e. The molecule has 1 aromatic carbocycles. The number of aliphatic hydroxyl groups is 1. The highest BCUT2D eigenvalue weighted by Crippen LogP contribution is 2.29. The van der Waals surface area contributed by atoms with E-state index >= 15 is 0 Å². The van der Waals surface area contributed by atoms with E-state index in [0.717, 1.165) is 16.7 Å². The van der Waals surface area contributed by atoms with Crippen molar-refractivity contribution in [3.63, 3.8) is 0 Å². The minimum atomic E-state index is -0.965. The van der Waals surface area contributed by atoms with Crippen molar-refractivity contribution in [1.29, 1.82) is 0 Å². The molecule has 0 saturated heterocycles. The maximum absolute atomic E-state index is 11.4. The molecule has 0 aliphatic heterocycles. The number of aromatic amines is 1. The summed E-state index contributed by atoms with van der Waals surface area (Å²) in [5.41, 5.74) is 12.8. The van der Waals surface area contributed by atoms with Crippen LogP contribution < -0.4 is 11.5 Å². The van der Waals surface area contributed by atoms with Crippen LogP contribution in [0.5, 0.6) is 0 Å². The van der Waals surface area contributed by atoms with Gasteiger partial charge in [-0.2, -0.15) is 0 Å². The third-order valence-electron chi connectivity index (χ3n) is 4.30. The average Bonchev–Trinajstić information content (AvgIpc) is 3.00. The summed E-state index contributed by atoms with van der Waals surface area (Å²) in [5, 5.41) is 10.9. The molecule has 3 rings (SSSR count). The minimum absolute atomic E-state index is 0.287. The number of nitrogens with two attached hydrogens (primary N) is 2. The largest absolute Gasteiger partial charge is 0.386 e. The Kier molecular flexibility index (Phi) is 4.55. The topological polar surface area (TPSA) is 135 Å². The van der Waals surface area contributed by atoms with Gasteiger partial charge in [0.1, 0.15) is 11.2 Å². The van der Waals surface area contributed by atoms with Crippen molar-refractivity contribution in [2.24, 2.45) is 11.5 Å². The fourth-order valence-corrected chi connectivity index (χ4v) is 2.80. The highest BCUT2D eigenvalue weighted by molar-refractivity contribution is 6.21. The summed E-state index contributed by atoms with van der Waals surface area (Å²) < 4.78 is 0. The van der Waals surface area contributed by atoms with E-state index in [2.05, 4.69) is 9.97 Å². The van der Waals surface area contributed by atoms with E-state index in [1.54, 1.807) is 26.2 Å². The first-order valence-corrected chi connectivity index (χ1v) is 8.28. The van der Waals surface area contributed by atoms with Crippen LogP contribution in [0.1, 0.15) is 25.0 Å². The fraction of sp³-hybridized carbons (Fsp3) is 0.150. The molecule has 7 heteroatoms. The Hall–Kier alpha value is -3.45. The van der Waals surface area contributed by atoms with Crippen LogP contribution in [-0.2, 0) is 15.2 Å². The fourth-order valence-electron chi connectivity index (χ4n) is 2.80. The molecule has 2 amide bonds. The predicted molar refractivity (Wildman–Crippen MR) is 103 cm³/mol. The summed E-state index contributed by atoms with van der Waals surface area (Å²) in [6.45, 7) is 3.44. The van der Waals surface area contributed by atoms with Gasteiger partial charge in [-0.1, -0.05) is 18.2 Å². The average molecular weight is 364 g/mol. The number of rotatable bonds is 5. The molecule has 0 bridgehead atoms. The van der Waals surface area contributed by atoms with Crippen molar-refractivity contribution < 1.29 is 14.7 Å². The zero-order valence-corrected chi connectivity index (χ0v) is 15.0. The monoisotopic (exact) mass is 364 g/mol. The maximum Gasteiger partial charge on any atom is 0.254 e. The van der Waals surface area contributed by atoms with Crippen LogP contribution in [0.25, 0.3) is 28.2 Å². The molecule has 7 nitrogen and oxygen atoms in total. The number of amides is 2. The van der Waals surface area contributed by atoms with Gasteiger partial charge < -0.3 is 21.6 Å². The first kappa shape index (κ1) is 18.3. The SMILES string of the molecule is CC(C)(O)c1cccc(-c2cnc3[nH]cc(C=C(C(N)=O)C(N)=O)c3c2)c1. The summed E-state index contributed by atoms with van der Waals surface area (Å²) >= 11 is 0. The standard InChI is InChI=1S/C20H20N4O3/c1-20(2,27)14-5-3-4-11(6-14)12-7-15-13(10-24-19(15)23-9-12)8-16(17(21)25)18(22)26/h3-10,27H,1-2H3,(H2,21,25)(H2,22,26)(H,23,24). The van der Waals surface area contributed by atoms with Gasteiger partial charge in [0.25, 0.3) is 11.8 Å². The van der Waals surface area contributed by atoms with Gasteiger partial charge in [0, 0.05) is 28.9 Å². The molecule has 0 aliphatic carbocycles. The maximum atomic E-state index is 11.4. The third kappa shape index (κ3) is 3.73. The lowest BCUT2D eigenvalue weighted by Gasteiger charge is -2.18. The third-order valence-corrected chi connectivity index (χ3v) is 4.30. The van der Waals surface area contributed by atoms with E-state index in [9.17, 15) is 14.7 Å². The number of nitrogens with one attached hydrogen (secondary N) is 1. The van der Waals surface area contributed by atoms with Gasteiger partial charge in [0.15, 0.2) is 0 Å². The molecule has 0 atom stereocenters. The molecule has 6 N–H and O–H groups in total. The summed E-state index contributed by atoms with van der Waals surface area (Å²) in [4.78, 5) is 30.2. The van der Waals surface area contributed by atoms with E-state index in [4.69, 9.17) is 11.5 Å². The summed E-state index contributed by atoms with van der Waals surface area (Å²) in [6, 6.07) is 9.41. The van der Waals surface area contributed by atoms with Crippen LogP contribution in [0.15, 0.2) is 48.3 Å². The molecule has 0 radical (unpaired) electrons. The van der Waals surface area contributed by atoms with Crippen LogP contribution >= 0.6 is 0 Å². The van der Waals surface area contributed by atoms with Crippen LogP contribution in [0.3, 0.4) is 0 Å². The van der Waals surface area contributed by atoms with Crippen molar-refractivity contribution in [3.05, 3.63) is 59.4 Å². The van der Waals surface area contributed by atoms with Gasteiger partial charge in [-0.15, -0.1) is 0 Å². The Balaban J connectivity index is 2.12. The Morgan fingerprint density at radius 1 is 1.15 bits per heavy atom. The Morgan fingerprint density at radius 3 is 2.48 bits per heavy atom. The molecule has 3 aromatic rings. The number of fused-ring (bicyclic) bond motifs is 1. The first-order valence-electron chi connectivity index (χ1n) is 8.28. The van der Waals surface area contributed by atoms with Gasteiger partial charge in [-0.25, -0.2) is 4.98 Å². The normalized spacial score (nSPS) is 11.4. The molecule has 0 fully saturated rings. The number of carbonyl (C=O) groups excluding carboxylic acids is 2. The second-order valence-electron chi connectivity index (χ2n) is 6.79. The second-order valence-corrected chi connectivity index (χ2v) is 6.79. The number of aromatic nitrogens is 2. The predicted octanol–water partition coefficient (Wildman–Crippen LogP) is 1.81. The van der Waals surface area contributed by atoms with Crippen LogP contribution in [0.4, 0.5) is 0 Å². The van der Waals surface area contributed by atoms with Crippen molar-refractivity contribution in [3.8, 4) is 11.1 Å². The lowest BCUT2D eigenvalue weighted by atomic mass is 9.94. The van der Waals surface area contributed by atoms with E-state index in [1.165, 1.54) is 6.08 Å². The lowest BCUT2D eigenvalue weighted by molar-refractivity contribution is -0.120. The smallest absolute Gasteiger partial charge is 0.254 e. The Labute approximate surface area is 155 Å². The molecule has 0 aliphatic rings. The zero-order chi connectivity index (χ0) is 19.8. The molecule has 0 spiro atoms. The molecule has 0 saturated carbocycles. The number of benzene rings is 1. The molecular weight excluding hydrogens is 344 g/mol. The van der Waals surface area contributed by atoms with Crippen LogP contribution in [-0.4, -0.2) is 26.9 Å². The Morgan fingerprint density at radius 2 is 1.85 bits per heavy atom. The number of pyridine rings is 1. The highest BCUT2D eigenvalue weighted by Gasteiger charge is 2.17. The van der Waals surface area contributed by atoms with Crippen LogP contribution in [0.2, 0.25) is 0 Å². The van der Waals surface area contributed by atoms with Crippen molar-refractivity contribution in [2.75, 3.05) is 0 Å². The number of nitrogens with zero attached hydrogens (tertiary/aromatic N) is 1. The summed E-state index contributed by atoms with van der Waals surface area (Å²) in [7, 11) is 0. The van der Waals surface area contributed by atoms with Crippen molar-refractivity contribution in [1.82, 2.24) is 9.97 Å². The number of H-pyrrole nitrogens is 1. The number of carbonyl (C=O) groups is 2. The van der Waals surface area contributed by atoms with Crippen molar-refractivity contribution in [2.45, 2.75) is 19.4 Å². The quantitative estimate of drug-likeness (QED) is 0.312. The van der Waals surface area contributed by atoms with Gasteiger partial charge >= 0.3 is 0 Å². The van der Waals surface area contributed by atoms with Gasteiger partial charge in [-0.05, 0) is 43.2 Å². The second kappa shape index (κ2) is 6.69. The Bertz CT molecular complexity index is 1060. The van der Waals surface area contributed by atoms with Gasteiger partial charge in [-0.3, -0.25) is 9.59 Å². The molecular formula is C20H20N4O3. The van der Waals surface area contributed by atoms with Gasteiger partial charge in [0.05, 0.1) is 5.60 Å². The van der Waals surface area contributed by atoms with E-state index in [0.29, 0.717) is 16.6 Å². The molecule has 2 aromatic heterocycles. The summed E-state index contributed by atoms with van der Waals surface area (Å²) in [5.74, 6) is -1.78.